The van der Waals surface area contributed by atoms with Crippen LogP contribution in [0.3, 0.4) is 0 Å². The second-order valence-electron chi connectivity index (χ2n) is 7.08. The molecule has 0 radical (unpaired) electrons. The van der Waals surface area contributed by atoms with Crippen LogP contribution in [-0.4, -0.2) is 27.5 Å². The zero-order valence-electron chi connectivity index (χ0n) is 17.8. The van der Waals surface area contributed by atoms with Gasteiger partial charge in [-0.3, -0.25) is 9.52 Å². The fourth-order valence-electron chi connectivity index (χ4n) is 2.93. The molecule has 32 heavy (non-hydrogen) atoms. The Hall–Kier alpha value is -3.37. The van der Waals surface area contributed by atoms with Crippen molar-refractivity contribution in [2.45, 2.75) is 31.2 Å². The van der Waals surface area contributed by atoms with Gasteiger partial charge >= 0.3 is 0 Å². The monoisotopic (exact) mass is 461 g/mol. The molecule has 0 aliphatic heterocycles. The first-order valence-electron chi connectivity index (χ1n) is 9.78. The Morgan fingerprint density at radius 1 is 1.19 bits per heavy atom. The molecule has 1 amide bonds. The Labute approximate surface area is 185 Å². The van der Waals surface area contributed by atoms with Gasteiger partial charge in [0.15, 0.2) is 0 Å². The molecular formula is C22H24FN3O5S. The van der Waals surface area contributed by atoms with Crippen LogP contribution in [0.2, 0.25) is 0 Å². The van der Waals surface area contributed by atoms with Crippen molar-refractivity contribution in [2.75, 3.05) is 17.1 Å². The molecule has 0 aliphatic carbocycles. The van der Waals surface area contributed by atoms with Gasteiger partial charge in [0.25, 0.3) is 10.0 Å². The van der Waals surface area contributed by atoms with Crippen LogP contribution in [0.1, 0.15) is 19.1 Å². The summed E-state index contributed by atoms with van der Waals surface area (Å²) in [5.74, 6) is -0.0281. The number of halogens is 1. The first-order valence-corrected chi connectivity index (χ1v) is 11.3. The van der Waals surface area contributed by atoms with Crippen LogP contribution < -0.4 is 20.5 Å². The second-order valence-corrected chi connectivity index (χ2v) is 8.76. The number of anilines is 2. The lowest BCUT2D eigenvalue weighted by molar-refractivity contribution is -0.117. The highest BCUT2D eigenvalue weighted by Crippen LogP contribution is 2.31. The second kappa shape index (κ2) is 9.41. The number of carbonyl (C=O) groups is 1. The number of benzene rings is 2. The van der Waals surface area contributed by atoms with Crippen LogP contribution in [0.25, 0.3) is 11.3 Å². The minimum atomic E-state index is -4.17. The van der Waals surface area contributed by atoms with E-state index in [0.717, 1.165) is 6.07 Å². The number of ether oxygens (including phenoxy) is 1. The van der Waals surface area contributed by atoms with Crippen LogP contribution in [0.4, 0.5) is 15.8 Å². The van der Waals surface area contributed by atoms with Crippen molar-refractivity contribution >= 4 is 27.3 Å². The van der Waals surface area contributed by atoms with Gasteiger partial charge in [-0.15, -0.1) is 0 Å². The fraction of sp³-hybridized carbons (Fsp3) is 0.227. The number of hydrogen-bond donors (Lipinski definition) is 3. The van der Waals surface area contributed by atoms with Crippen molar-refractivity contribution < 1.29 is 26.8 Å². The SMILES string of the molecule is CC[C@H](N)C(=O)Nc1ccc(OC)c(NS(=O)(=O)c2ccc(-c3ccc(C)o3)c(F)c2)c1. The van der Waals surface area contributed by atoms with Gasteiger partial charge in [-0.2, -0.15) is 0 Å². The Morgan fingerprint density at radius 3 is 2.53 bits per heavy atom. The number of methoxy groups -OCH3 is 1. The summed E-state index contributed by atoms with van der Waals surface area (Å²) in [5, 5.41) is 2.62. The summed E-state index contributed by atoms with van der Waals surface area (Å²) in [6, 6.07) is 10.6. The first-order chi connectivity index (χ1) is 15.1. The number of hydrogen-bond acceptors (Lipinski definition) is 6. The Kier molecular flexibility index (Phi) is 6.85. The van der Waals surface area contributed by atoms with Gasteiger partial charge in [-0.25, -0.2) is 12.8 Å². The lowest BCUT2D eigenvalue weighted by Crippen LogP contribution is -2.34. The number of rotatable bonds is 8. The van der Waals surface area contributed by atoms with Crippen molar-refractivity contribution in [3.05, 3.63) is 60.1 Å². The maximum absolute atomic E-state index is 14.6. The summed E-state index contributed by atoms with van der Waals surface area (Å²) in [7, 11) is -2.79. The number of nitrogens with one attached hydrogen (secondary N) is 2. The van der Waals surface area contributed by atoms with E-state index in [-0.39, 0.29) is 21.9 Å². The molecular weight excluding hydrogens is 437 g/mol. The Morgan fingerprint density at radius 2 is 1.94 bits per heavy atom. The molecule has 0 aliphatic rings. The molecule has 0 fully saturated rings. The third-order valence-electron chi connectivity index (χ3n) is 4.74. The van der Waals surface area contributed by atoms with Crippen molar-refractivity contribution in [3.8, 4) is 17.1 Å². The molecule has 10 heteroatoms. The third kappa shape index (κ3) is 5.09. The number of nitrogens with two attached hydrogens (primary N) is 1. The molecule has 1 heterocycles. The third-order valence-corrected chi connectivity index (χ3v) is 6.11. The molecule has 1 atom stereocenters. The van der Waals surface area contributed by atoms with Crippen LogP contribution in [-0.2, 0) is 14.8 Å². The smallest absolute Gasteiger partial charge is 0.262 e. The molecule has 0 bridgehead atoms. The molecule has 4 N–H and O–H groups in total. The number of furan rings is 1. The predicted molar refractivity (Wildman–Crippen MR) is 120 cm³/mol. The molecule has 0 saturated carbocycles. The Bertz CT molecular complexity index is 1240. The minimum Gasteiger partial charge on any atom is -0.495 e. The molecule has 0 spiro atoms. The highest BCUT2D eigenvalue weighted by molar-refractivity contribution is 7.92. The Balaban J connectivity index is 1.89. The molecule has 1 aromatic heterocycles. The molecule has 0 saturated heterocycles. The zero-order chi connectivity index (χ0) is 23.5. The summed E-state index contributed by atoms with van der Waals surface area (Å²) in [6.07, 6.45) is 0.445. The highest BCUT2D eigenvalue weighted by atomic mass is 32.2. The molecule has 3 rings (SSSR count). The van der Waals surface area contributed by atoms with Crippen molar-refractivity contribution in [3.63, 3.8) is 0 Å². The molecule has 170 valence electrons. The average Bonchev–Trinajstić information content (AvgIpc) is 3.18. The van der Waals surface area contributed by atoms with E-state index in [2.05, 4.69) is 10.0 Å². The zero-order valence-corrected chi connectivity index (χ0v) is 18.6. The summed E-state index contributed by atoms with van der Waals surface area (Å²) < 4.78 is 53.4. The molecule has 0 unspecified atom stereocenters. The summed E-state index contributed by atoms with van der Waals surface area (Å²) in [6.45, 7) is 3.50. The highest BCUT2D eigenvalue weighted by Gasteiger charge is 2.21. The number of carbonyl (C=O) groups excluding carboxylic acids is 1. The van der Waals surface area contributed by atoms with E-state index in [1.54, 1.807) is 32.0 Å². The molecule has 2 aromatic carbocycles. The van der Waals surface area contributed by atoms with Gasteiger partial charge in [0.05, 0.1) is 29.3 Å². The van der Waals surface area contributed by atoms with Crippen LogP contribution >= 0.6 is 0 Å². The van der Waals surface area contributed by atoms with Crippen LogP contribution in [0.5, 0.6) is 5.75 Å². The summed E-state index contributed by atoms with van der Waals surface area (Å²) in [4.78, 5) is 11.8. The van der Waals surface area contributed by atoms with E-state index >= 15 is 0 Å². The topological polar surface area (TPSA) is 124 Å². The minimum absolute atomic E-state index is 0.0708. The summed E-state index contributed by atoms with van der Waals surface area (Å²) in [5.41, 5.74) is 6.26. The number of sulfonamides is 1. The van der Waals surface area contributed by atoms with E-state index in [1.165, 1.54) is 31.4 Å². The van der Waals surface area contributed by atoms with E-state index in [0.29, 0.717) is 23.6 Å². The number of amides is 1. The van der Waals surface area contributed by atoms with E-state index in [9.17, 15) is 17.6 Å². The van der Waals surface area contributed by atoms with E-state index in [4.69, 9.17) is 14.9 Å². The van der Waals surface area contributed by atoms with Gasteiger partial charge in [0.2, 0.25) is 5.91 Å². The summed E-state index contributed by atoms with van der Waals surface area (Å²) >= 11 is 0. The maximum atomic E-state index is 14.6. The molecule has 8 nitrogen and oxygen atoms in total. The fourth-order valence-corrected chi connectivity index (χ4v) is 4.00. The predicted octanol–water partition coefficient (Wildman–Crippen LogP) is 3.88. The van der Waals surface area contributed by atoms with E-state index < -0.39 is 27.8 Å². The van der Waals surface area contributed by atoms with Gasteiger partial charge in [-0.05, 0) is 61.9 Å². The van der Waals surface area contributed by atoms with Crippen LogP contribution in [0.15, 0.2) is 57.8 Å². The van der Waals surface area contributed by atoms with Crippen molar-refractivity contribution in [2.24, 2.45) is 5.73 Å². The molecule has 3 aromatic rings. The quantitative estimate of drug-likeness (QED) is 0.468. The van der Waals surface area contributed by atoms with Crippen molar-refractivity contribution in [1.82, 2.24) is 0 Å². The van der Waals surface area contributed by atoms with Gasteiger partial charge < -0.3 is 20.2 Å². The lowest BCUT2D eigenvalue weighted by atomic mass is 10.1. The van der Waals surface area contributed by atoms with Gasteiger partial charge in [0.1, 0.15) is 23.1 Å². The first kappa shape index (κ1) is 23.3. The van der Waals surface area contributed by atoms with Gasteiger partial charge in [-0.1, -0.05) is 6.92 Å². The largest absolute Gasteiger partial charge is 0.495 e. The van der Waals surface area contributed by atoms with Crippen molar-refractivity contribution in [1.29, 1.82) is 0 Å². The number of aryl methyl sites for hydroxylation is 1. The normalized spacial score (nSPS) is 12.3. The standard InChI is InChI=1S/C22H24FN3O5S/c1-4-18(24)22(27)25-14-6-10-21(30-3)19(11-14)26-32(28,29)15-7-8-16(17(23)12-15)20-9-5-13(2)31-20/h5-12,18,26H,4,24H2,1-3H3,(H,25,27)/t18-/m0/s1. The van der Waals surface area contributed by atoms with Crippen LogP contribution in [0, 0.1) is 12.7 Å². The maximum Gasteiger partial charge on any atom is 0.262 e. The lowest BCUT2D eigenvalue weighted by Gasteiger charge is -2.15. The van der Waals surface area contributed by atoms with Gasteiger partial charge in [0, 0.05) is 5.69 Å². The van der Waals surface area contributed by atoms with E-state index in [1.807, 2.05) is 0 Å². The average molecular weight is 462 g/mol.